The molecule has 1 fully saturated rings. The maximum atomic E-state index is 15.3. The highest BCUT2D eigenvalue weighted by molar-refractivity contribution is 6.74. The molecule has 0 N–H and O–H groups in total. The number of esters is 1. The molecule has 2 heterocycles. The van der Waals surface area contributed by atoms with E-state index >= 15 is 4.39 Å². The van der Waals surface area contributed by atoms with Gasteiger partial charge in [0.2, 0.25) is 5.95 Å². The van der Waals surface area contributed by atoms with Gasteiger partial charge in [0.25, 0.3) is 0 Å². The van der Waals surface area contributed by atoms with Gasteiger partial charge in [0.05, 0.1) is 18.8 Å². The molecule has 35 heavy (non-hydrogen) atoms. The molecular formula is C25H35FN4O4Si-. The zero-order valence-corrected chi connectivity index (χ0v) is 22.4. The van der Waals surface area contributed by atoms with Gasteiger partial charge in [-0.15, -0.1) is 18.1 Å². The Morgan fingerprint density at radius 1 is 1.17 bits per heavy atom. The van der Waals surface area contributed by atoms with Crippen molar-refractivity contribution in [3.05, 3.63) is 42.0 Å². The second-order valence-corrected chi connectivity index (χ2v) is 14.8. The number of hydrogen-bond acceptors (Lipinski definition) is 8. The van der Waals surface area contributed by atoms with E-state index in [0.717, 1.165) is 5.71 Å². The van der Waals surface area contributed by atoms with Gasteiger partial charge in [0.15, 0.2) is 6.61 Å². The minimum absolute atomic E-state index is 0.0573. The Morgan fingerprint density at radius 2 is 1.86 bits per heavy atom. The molecule has 0 atom stereocenters. The summed E-state index contributed by atoms with van der Waals surface area (Å²) >= 11 is 0. The molecule has 0 spiro atoms. The minimum Gasteiger partial charge on any atom is -0.561 e. The lowest BCUT2D eigenvalue weighted by molar-refractivity contribution is -0.144. The van der Waals surface area contributed by atoms with Crippen molar-refractivity contribution < 1.29 is 23.2 Å². The Hall–Kier alpha value is -2.85. The van der Waals surface area contributed by atoms with Gasteiger partial charge in [-0.25, -0.2) is 14.4 Å². The van der Waals surface area contributed by atoms with Crippen LogP contribution in [0.1, 0.15) is 39.7 Å². The number of rotatable bonds is 10. The highest BCUT2D eigenvalue weighted by Crippen LogP contribution is 2.37. The van der Waals surface area contributed by atoms with Crippen molar-refractivity contribution in [1.29, 1.82) is 0 Å². The van der Waals surface area contributed by atoms with Gasteiger partial charge in [-0.05, 0) is 8.32 Å². The first kappa shape index (κ1) is 26.7. The third-order valence-corrected chi connectivity index (χ3v) is 10.9. The summed E-state index contributed by atoms with van der Waals surface area (Å²) in [6.07, 6.45) is 3.60. The van der Waals surface area contributed by atoms with Gasteiger partial charge in [0, 0.05) is 42.1 Å². The highest BCUT2D eigenvalue weighted by Gasteiger charge is 2.26. The summed E-state index contributed by atoms with van der Waals surface area (Å²) in [5.41, 5.74) is 2.44. The number of aromatic nitrogens is 2. The fraction of sp³-hybridized carbons (Fsp3) is 0.520. The third kappa shape index (κ3) is 6.85. The molecule has 0 aliphatic carbocycles. The van der Waals surface area contributed by atoms with E-state index in [1.807, 2.05) is 11.0 Å². The molecule has 1 aliphatic heterocycles. The van der Waals surface area contributed by atoms with Gasteiger partial charge in [0.1, 0.15) is 12.4 Å². The number of hydrogen-bond donors (Lipinski definition) is 0. The predicted octanol–water partition coefficient (Wildman–Crippen LogP) is 4.95. The van der Waals surface area contributed by atoms with Crippen molar-refractivity contribution in [2.24, 2.45) is 5.16 Å². The number of nitrogens with zero attached hydrogens (tertiary/aromatic N) is 4. The zero-order chi connectivity index (χ0) is 25.6. The fourth-order valence-corrected chi connectivity index (χ4v) is 3.99. The van der Waals surface area contributed by atoms with Crippen LogP contribution in [0.25, 0.3) is 11.1 Å². The van der Waals surface area contributed by atoms with Gasteiger partial charge < -0.3 is 18.9 Å². The smallest absolute Gasteiger partial charge is 0.305 e. The molecule has 8 nitrogen and oxygen atoms in total. The van der Waals surface area contributed by atoms with Gasteiger partial charge in [-0.3, -0.25) is 4.79 Å². The molecular weight excluding hydrogens is 467 g/mol. The maximum Gasteiger partial charge on any atom is 0.305 e. The maximum absolute atomic E-state index is 15.3. The van der Waals surface area contributed by atoms with Crippen molar-refractivity contribution in [3.8, 4) is 11.1 Å². The van der Waals surface area contributed by atoms with E-state index in [1.54, 1.807) is 31.5 Å². The summed E-state index contributed by atoms with van der Waals surface area (Å²) < 4.78 is 26.4. The van der Waals surface area contributed by atoms with E-state index in [9.17, 15) is 4.79 Å². The van der Waals surface area contributed by atoms with Gasteiger partial charge in [-0.1, -0.05) is 51.0 Å². The largest absolute Gasteiger partial charge is 0.561 e. The number of carbonyl (C=O) groups is 1. The molecule has 1 aliphatic rings. The van der Waals surface area contributed by atoms with Crippen molar-refractivity contribution in [2.75, 3.05) is 31.2 Å². The zero-order valence-electron chi connectivity index (χ0n) is 21.4. The lowest BCUT2D eigenvalue weighted by Crippen LogP contribution is -2.48. The Bertz CT molecular complexity index is 1050. The molecule has 1 saturated heterocycles. The van der Waals surface area contributed by atoms with Crippen LogP contribution in [0.15, 0.2) is 35.7 Å². The number of oxime groups is 1. The Morgan fingerprint density at radius 3 is 2.49 bits per heavy atom. The number of benzene rings is 1. The highest BCUT2D eigenvalue weighted by atomic mass is 28.4. The van der Waals surface area contributed by atoms with Crippen LogP contribution < -0.4 is 4.90 Å². The van der Waals surface area contributed by atoms with Crippen molar-refractivity contribution in [3.63, 3.8) is 0 Å². The van der Waals surface area contributed by atoms with Gasteiger partial charge >= 0.3 is 5.97 Å². The lowest BCUT2D eigenvalue weighted by Gasteiger charge is -2.48. The van der Waals surface area contributed by atoms with Crippen LogP contribution in [-0.2, 0) is 25.4 Å². The average Bonchev–Trinajstić information content (AvgIpc) is 2.78. The molecule has 1 aromatic carbocycles. The number of anilines is 1. The first-order chi connectivity index (χ1) is 16.5. The van der Waals surface area contributed by atoms with E-state index in [-0.39, 0.29) is 36.6 Å². The van der Waals surface area contributed by atoms with Crippen LogP contribution in [0.3, 0.4) is 0 Å². The van der Waals surface area contributed by atoms with Crippen molar-refractivity contribution in [2.45, 2.75) is 58.9 Å². The lowest BCUT2D eigenvalue weighted by atomic mass is 10.1. The Kier molecular flexibility index (Phi) is 8.60. The van der Waals surface area contributed by atoms with E-state index in [4.69, 9.17) is 14.0 Å². The standard InChI is InChI=1S/C25H35FN4O4Si/c1-7-22(31)32-11-12-33-29-20-15-30(16-20)24-27-13-19(14-28-24)21-10-8-9-18(23(21)26)17-34-35(5,6)25(2,3)4/h8-10,13-14H,7,11-12,15-17H2,1-6H3/q-1. The normalized spacial score (nSPS) is 13.9. The van der Waals surface area contributed by atoms with Crippen LogP contribution >= 0.6 is 0 Å². The fourth-order valence-electron chi connectivity index (χ4n) is 3.04. The molecule has 2 aromatic rings. The minimum atomic E-state index is -1.99. The molecule has 0 amide bonds. The monoisotopic (exact) mass is 502 g/mol. The van der Waals surface area contributed by atoms with E-state index in [1.165, 1.54) is 0 Å². The third-order valence-electron chi connectivity index (χ3n) is 6.37. The van der Waals surface area contributed by atoms with Gasteiger partial charge in [-0.2, -0.15) is 0 Å². The van der Waals surface area contributed by atoms with Crippen LogP contribution in [0.5, 0.6) is 0 Å². The van der Waals surface area contributed by atoms with Crippen LogP contribution in [0, 0.1) is 5.82 Å². The summed E-state index contributed by atoms with van der Waals surface area (Å²) in [4.78, 5) is 27.0. The Balaban J connectivity index is 1.55. The molecule has 1 aromatic heterocycles. The van der Waals surface area contributed by atoms with Crippen molar-refractivity contribution in [1.82, 2.24) is 9.97 Å². The summed E-state index contributed by atoms with van der Waals surface area (Å²) in [5.74, 6) is -0.0205. The van der Waals surface area contributed by atoms with Crippen LogP contribution in [0.4, 0.5) is 10.3 Å². The molecule has 0 unspecified atom stereocenters. The molecule has 3 rings (SSSR count). The first-order valence-corrected chi connectivity index (χ1v) is 14.7. The SMILES string of the molecule is CCC(=O)OCCON=C1CN(c2ncc(-c3cccc(CO[Si-](C)(C)C(C)(C)C)c3F)cn2)C1. The Labute approximate surface area is 207 Å². The average molecular weight is 503 g/mol. The molecule has 10 heteroatoms. The summed E-state index contributed by atoms with van der Waals surface area (Å²) in [5, 5.41) is 4.09. The number of ether oxygens (including phenoxy) is 1. The summed E-state index contributed by atoms with van der Waals surface area (Å²) in [6.45, 7) is 14.3. The number of carbonyl (C=O) groups excluding carboxylic acids is 1. The predicted molar refractivity (Wildman–Crippen MR) is 136 cm³/mol. The van der Waals surface area contributed by atoms with Crippen molar-refractivity contribution >= 4 is 25.9 Å². The van der Waals surface area contributed by atoms with E-state index in [2.05, 4.69) is 49.0 Å². The molecule has 0 saturated carbocycles. The first-order valence-electron chi connectivity index (χ1n) is 11.8. The molecule has 191 valence electrons. The molecule has 0 radical (unpaired) electrons. The number of halogens is 1. The quantitative estimate of drug-likeness (QED) is 0.197. The molecule has 0 bridgehead atoms. The van der Waals surface area contributed by atoms with E-state index < -0.39 is 8.32 Å². The van der Waals surface area contributed by atoms with Crippen LogP contribution in [0.2, 0.25) is 18.1 Å². The second-order valence-electron chi connectivity index (χ2n) is 10.0. The van der Waals surface area contributed by atoms with E-state index in [0.29, 0.717) is 42.1 Å². The topological polar surface area (TPSA) is 86.1 Å². The second kappa shape index (κ2) is 11.3. The van der Waals surface area contributed by atoms with Crippen LogP contribution in [-0.4, -0.2) is 56.3 Å². The summed E-state index contributed by atoms with van der Waals surface area (Å²) in [7, 11) is -1.99. The summed E-state index contributed by atoms with van der Waals surface area (Å²) in [6, 6.07) is 5.32.